The van der Waals surface area contributed by atoms with Crippen molar-refractivity contribution in [2.24, 2.45) is 0 Å². The first-order chi connectivity index (χ1) is 7.81. The second-order valence-electron chi connectivity index (χ2n) is 5.14. The first-order valence-corrected chi connectivity index (χ1v) is 5.84. The van der Waals surface area contributed by atoms with Crippen molar-refractivity contribution in [3.63, 3.8) is 0 Å². The van der Waals surface area contributed by atoms with Gasteiger partial charge in [-0.05, 0) is 27.2 Å². The van der Waals surface area contributed by atoms with E-state index in [9.17, 15) is 4.79 Å². The Morgan fingerprint density at radius 3 is 2.65 bits per heavy atom. The Hall–Kier alpha value is -1.52. The maximum atomic E-state index is 11.7. The zero-order valence-electron chi connectivity index (χ0n) is 10.9. The molecule has 0 aliphatic carbocycles. The summed E-state index contributed by atoms with van der Waals surface area (Å²) < 4.78 is 5.29. The summed E-state index contributed by atoms with van der Waals surface area (Å²) in [7, 11) is 0. The van der Waals surface area contributed by atoms with Crippen LogP contribution in [0.3, 0.4) is 0 Å². The Labute approximate surface area is 102 Å². The number of carbonyl (C=O) groups is 1. The van der Waals surface area contributed by atoms with Crippen LogP contribution < -0.4 is 5.73 Å². The van der Waals surface area contributed by atoms with Gasteiger partial charge in [-0.15, -0.1) is 0 Å². The molecule has 0 aliphatic heterocycles. The van der Waals surface area contributed by atoms with Gasteiger partial charge in [-0.25, -0.2) is 0 Å². The zero-order valence-corrected chi connectivity index (χ0v) is 10.9. The van der Waals surface area contributed by atoms with E-state index in [0.717, 1.165) is 12.1 Å². The Balaban J connectivity index is 2.62. The van der Waals surface area contributed by atoms with Gasteiger partial charge < -0.3 is 10.5 Å². The van der Waals surface area contributed by atoms with Crippen LogP contribution >= 0.6 is 0 Å². The standard InChI is InChI=1S/C12H21N3O2/c1-5-8(9-7-10(13)15-14-9)6-11(16)17-12(2,3)4/h7-8H,5-6H2,1-4H3,(H3,13,14,15)/t8-/m0/s1. The lowest BCUT2D eigenvalue weighted by Gasteiger charge is -2.21. The highest BCUT2D eigenvalue weighted by molar-refractivity contribution is 5.71. The first-order valence-electron chi connectivity index (χ1n) is 5.84. The third-order valence-electron chi connectivity index (χ3n) is 2.38. The van der Waals surface area contributed by atoms with E-state index in [2.05, 4.69) is 10.2 Å². The number of nitrogens with zero attached hydrogens (tertiary/aromatic N) is 1. The lowest BCUT2D eigenvalue weighted by atomic mass is 9.98. The molecule has 0 amide bonds. The van der Waals surface area contributed by atoms with E-state index in [-0.39, 0.29) is 11.9 Å². The van der Waals surface area contributed by atoms with E-state index in [1.165, 1.54) is 0 Å². The van der Waals surface area contributed by atoms with Crippen molar-refractivity contribution in [2.75, 3.05) is 5.73 Å². The van der Waals surface area contributed by atoms with Gasteiger partial charge >= 0.3 is 5.97 Å². The average molecular weight is 239 g/mol. The summed E-state index contributed by atoms with van der Waals surface area (Å²) in [6.45, 7) is 7.60. The highest BCUT2D eigenvalue weighted by atomic mass is 16.6. The Bertz CT molecular complexity index is 379. The van der Waals surface area contributed by atoms with Crippen LogP contribution in [0.2, 0.25) is 0 Å². The number of esters is 1. The molecule has 5 heteroatoms. The molecule has 0 saturated heterocycles. The lowest BCUT2D eigenvalue weighted by Crippen LogP contribution is -2.24. The summed E-state index contributed by atoms with van der Waals surface area (Å²) in [6, 6.07) is 1.76. The fourth-order valence-electron chi connectivity index (χ4n) is 1.62. The molecule has 0 bridgehead atoms. The zero-order chi connectivity index (χ0) is 13.1. The van der Waals surface area contributed by atoms with Crippen LogP contribution in [0.25, 0.3) is 0 Å². The van der Waals surface area contributed by atoms with Crippen molar-refractivity contribution in [1.82, 2.24) is 10.2 Å². The van der Waals surface area contributed by atoms with Gasteiger partial charge in [0.1, 0.15) is 11.4 Å². The summed E-state index contributed by atoms with van der Waals surface area (Å²) in [6.07, 6.45) is 1.18. The number of carbonyl (C=O) groups excluding carboxylic acids is 1. The van der Waals surface area contributed by atoms with Crippen LogP contribution in [0.15, 0.2) is 6.07 Å². The number of nitrogens with two attached hydrogens (primary N) is 1. The fraction of sp³-hybridized carbons (Fsp3) is 0.667. The monoisotopic (exact) mass is 239 g/mol. The number of aromatic amines is 1. The van der Waals surface area contributed by atoms with Crippen LogP contribution in [-0.2, 0) is 9.53 Å². The van der Waals surface area contributed by atoms with Crippen molar-refractivity contribution in [2.45, 2.75) is 52.1 Å². The molecule has 1 heterocycles. The van der Waals surface area contributed by atoms with Crippen molar-refractivity contribution in [1.29, 1.82) is 0 Å². The van der Waals surface area contributed by atoms with Gasteiger partial charge in [-0.2, -0.15) is 5.10 Å². The maximum absolute atomic E-state index is 11.7. The highest BCUT2D eigenvalue weighted by Crippen LogP contribution is 2.24. The largest absolute Gasteiger partial charge is 0.460 e. The topological polar surface area (TPSA) is 81.0 Å². The molecule has 0 spiro atoms. The van der Waals surface area contributed by atoms with Gasteiger partial charge in [-0.1, -0.05) is 6.92 Å². The predicted octanol–water partition coefficient (Wildman–Crippen LogP) is 2.22. The number of ether oxygens (including phenoxy) is 1. The number of H-pyrrole nitrogens is 1. The molecule has 0 radical (unpaired) electrons. The number of aromatic nitrogens is 2. The van der Waals surface area contributed by atoms with Crippen LogP contribution in [0, 0.1) is 0 Å². The molecule has 17 heavy (non-hydrogen) atoms. The minimum atomic E-state index is -0.442. The van der Waals surface area contributed by atoms with E-state index >= 15 is 0 Å². The summed E-state index contributed by atoms with van der Waals surface area (Å²) in [5, 5.41) is 6.71. The maximum Gasteiger partial charge on any atom is 0.306 e. The van der Waals surface area contributed by atoms with Crippen molar-refractivity contribution in [3.8, 4) is 0 Å². The second-order valence-corrected chi connectivity index (χ2v) is 5.14. The van der Waals surface area contributed by atoms with Gasteiger partial charge in [0.05, 0.1) is 6.42 Å². The van der Waals surface area contributed by atoms with Crippen LogP contribution in [-0.4, -0.2) is 21.8 Å². The number of anilines is 1. The Morgan fingerprint density at radius 1 is 1.59 bits per heavy atom. The third-order valence-corrected chi connectivity index (χ3v) is 2.38. The van der Waals surface area contributed by atoms with E-state index in [1.807, 2.05) is 27.7 Å². The number of nitrogens with one attached hydrogen (secondary N) is 1. The first kappa shape index (κ1) is 13.5. The van der Waals surface area contributed by atoms with Crippen LogP contribution in [0.5, 0.6) is 0 Å². The summed E-state index contributed by atoms with van der Waals surface area (Å²) >= 11 is 0. The minimum Gasteiger partial charge on any atom is -0.460 e. The molecular formula is C12H21N3O2. The Morgan fingerprint density at radius 2 is 2.24 bits per heavy atom. The van der Waals surface area contributed by atoms with Gasteiger partial charge in [0.25, 0.3) is 0 Å². The lowest BCUT2D eigenvalue weighted by molar-refractivity contribution is -0.155. The van der Waals surface area contributed by atoms with Crippen molar-refractivity contribution in [3.05, 3.63) is 11.8 Å². The molecule has 96 valence electrons. The normalized spacial score (nSPS) is 13.4. The molecule has 0 saturated carbocycles. The highest BCUT2D eigenvalue weighted by Gasteiger charge is 2.21. The molecule has 0 aromatic carbocycles. The molecule has 0 fully saturated rings. The quantitative estimate of drug-likeness (QED) is 0.789. The number of hydrogen-bond donors (Lipinski definition) is 2. The third kappa shape index (κ3) is 4.46. The average Bonchev–Trinajstić information content (AvgIpc) is 2.58. The van der Waals surface area contributed by atoms with Gasteiger partial charge in [-0.3, -0.25) is 9.89 Å². The molecular weight excluding hydrogens is 218 g/mol. The number of nitrogen functional groups attached to an aromatic ring is 1. The van der Waals surface area contributed by atoms with Crippen molar-refractivity contribution < 1.29 is 9.53 Å². The SMILES string of the molecule is CC[C@@H](CC(=O)OC(C)(C)C)c1cc(N)n[nH]1. The molecule has 1 aromatic rings. The fourth-order valence-corrected chi connectivity index (χ4v) is 1.62. The summed E-state index contributed by atoms with van der Waals surface area (Å²) in [5.41, 5.74) is 5.99. The van der Waals surface area contributed by atoms with Gasteiger partial charge in [0, 0.05) is 17.7 Å². The second kappa shape index (κ2) is 5.21. The van der Waals surface area contributed by atoms with Crippen LogP contribution in [0.1, 0.15) is 52.1 Å². The molecule has 3 N–H and O–H groups in total. The van der Waals surface area contributed by atoms with Crippen LogP contribution in [0.4, 0.5) is 5.82 Å². The van der Waals surface area contributed by atoms with E-state index < -0.39 is 5.60 Å². The molecule has 0 aliphatic rings. The molecule has 5 nitrogen and oxygen atoms in total. The van der Waals surface area contributed by atoms with E-state index in [4.69, 9.17) is 10.5 Å². The predicted molar refractivity (Wildman–Crippen MR) is 66.5 cm³/mol. The van der Waals surface area contributed by atoms with Crippen molar-refractivity contribution >= 4 is 11.8 Å². The number of hydrogen-bond acceptors (Lipinski definition) is 4. The minimum absolute atomic E-state index is 0.0784. The summed E-state index contributed by atoms with van der Waals surface area (Å²) in [5.74, 6) is 0.329. The molecule has 1 aromatic heterocycles. The molecule has 1 atom stereocenters. The van der Waals surface area contributed by atoms with E-state index in [1.54, 1.807) is 6.07 Å². The summed E-state index contributed by atoms with van der Waals surface area (Å²) in [4.78, 5) is 11.7. The Kier molecular flexibility index (Phi) is 4.15. The molecule has 1 rings (SSSR count). The smallest absolute Gasteiger partial charge is 0.306 e. The van der Waals surface area contributed by atoms with Gasteiger partial charge in [0.2, 0.25) is 0 Å². The van der Waals surface area contributed by atoms with E-state index in [0.29, 0.717) is 12.2 Å². The number of rotatable bonds is 4. The van der Waals surface area contributed by atoms with Gasteiger partial charge in [0.15, 0.2) is 0 Å². The molecule has 0 unspecified atom stereocenters.